The summed E-state index contributed by atoms with van der Waals surface area (Å²) in [5, 5.41) is 2.88. The fraction of sp³-hybridized carbons (Fsp3) is 0.909. The highest BCUT2D eigenvalue weighted by Crippen LogP contribution is 2.02. The van der Waals surface area contributed by atoms with Crippen LogP contribution in [0.15, 0.2) is 0 Å². The number of rotatable bonds is 8. The lowest BCUT2D eigenvalue weighted by atomic mass is 10.1. The second-order valence-corrected chi connectivity index (χ2v) is 3.97. The van der Waals surface area contributed by atoms with Crippen LogP contribution in [0.3, 0.4) is 0 Å². The number of methoxy groups -OCH3 is 1. The van der Waals surface area contributed by atoms with Gasteiger partial charge in [-0.05, 0) is 13.3 Å². The van der Waals surface area contributed by atoms with E-state index in [-0.39, 0.29) is 18.6 Å². The average molecular weight is 216 g/mol. The molecule has 0 aromatic carbocycles. The van der Waals surface area contributed by atoms with Crippen molar-refractivity contribution >= 4 is 5.91 Å². The Balaban J connectivity index is 3.65. The molecular formula is C11H24N2O2. The molecule has 0 fully saturated rings. The van der Waals surface area contributed by atoms with Crippen molar-refractivity contribution in [2.45, 2.75) is 51.6 Å². The van der Waals surface area contributed by atoms with Gasteiger partial charge in [0.1, 0.15) is 6.04 Å². The molecule has 4 heteroatoms. The number of carbonyl (C=O) groups is 1. The van der Waals surface area contributed by atoms with Crippen LogP contribution in [0, 0.1) is 0 Å². The Hall–Kier alpha value is -0.610. The summed E-state index contributed by atoms with van der Waals surface area (Å²) in [5.74, 6) is -0.124. The highest BCUT2D eigenvalue weighted by atomic mass is 16.5. The van der Waals surface area contributed by atoms with Gasteiger partial charge < -0.3 is 15.8 Å². The lowest BCUT2D eigenvalue weighted by Gasteiger charge is -2.16. The smallest absolute Gasteiger partial charge is 0.239 e. The van der Waals surface area contributed by atoms with Gasteiger partial charge in [0.2, 0.25) is 5.91 Å². The lowest BCUT2D eigenvalue weighted by Crippen LogP contribution is -2.46. The van der Waals surface area contributed by atoms with Crippen LogP contribution in [0.4, 0.5) is 0 Å². The van der Waals surface area contributed by atoms with Crippen molar-refractivity contribution in [3.63, 3.8) is 0 Å². The number of unbranched alkanes of at least 4 members (excludes halogenated alkanes) is 2. The molecule has 15 heavy (non-hydrogen) atoms. The Labute approximate surface area is 92.6 Å². The van der Waals surface area contributed by atoms with E-state index in [1.165, 1.54) is 20.0 Å². The third-order valence-electron chi connectivity index (χ3n) is 2.31. The number of amides is 1. The fourth-order valence-electron chi connectivity index (χ4n) is 1.38. The molecule has 0 saturated carbocycles. The van der Waals surface area contributed by atoms with E-state index in [4.69, 9.17) is 10.5 Å². The van der Waals surface area contributed by atoms with Crippen molar-refractivity contribution in [1.29, 1.82) is 0 Å². The van der Waals surface area contributed by atoms with Crippen LogP contribution >= 0.6 is 0 Å². The van der Waals surface area contributed by atoms with Gasteiger partial charge in [-0.15, -0.1) is 0 Å². The van der Waals surface area contributed by atoms with E-state index < -0.39 is 6.04 Å². The molecule has 0 spiro atoms. The molecule has 90 valence electrons. The van der Waals surface area contributed by atoms with Crippen LogP contribution < -0.4 is 11.1 Å². The summed E-state index contributed by atoms with van der Waals surface area (Å²) >= 11 is 0. The van der Waals surface area contributed by atoms with Gasteiger partial charge in [-0.25, -0.2) is 0 Å². The molecular weight excluding hydrogens is 192 g/mol. The fourth-order valence-corrected chi connectivity index (χ4v) is 1.38. The summed E-state index contributed by atoms with van der Waals surface area (Å²) in [5.41, 5.74) is 5.59. The maximum absolute atomic E-state index is 11.5. The first-order valence-corrected chi connectivity index (χ1v) is 5.66. The Morgan fingerprint density at radius 2 is 2.13 bits per heavy atom. The zero-order chi connectivity index (χ0) is 11.7. The summed E-state index contributed by atoms with van der Waals surface area (Å²) in [6.07, 6.45) is 4.57. The topological polar surface area (TPSA) is 64.4 Å². The van der Waals surface area contributed by atoms with Crippen molar-refractivity contribution in [3.8, 4) is 0 Å². The number of hydrogen-bond acceptors (Lipinski definition) is 3. The standard InChI is InChI=1S/C11H24N2O2/c1-4-5-6-7-9(2)13-11(14)10(12)8-15-3/h9-10H,4-8,12H2,1-3H3,(H,13,14). The van der Waals surface area contributed by atoms with Gasteiger partial charge in [-0.2, -0.15) is 0 Å². The minimum absolute atomic E-state index is 0.124. The molecule has 2 atom stereocenters. The SMILES string of the molecule is CCCCCC(C)NC(=O)C(N)COC. The molecule has 0 aliphatic rings. The third-order valence-corrected chi connectivity index (χ3v) is 2.31. The number of nitrogens with one attached hydrogen (secondary N) is 1. The summed E-state index contributed by atoms with van der Waals surface area (Å²) in [6.45, 7) is 4.44. The normalized spacial score (nSPS) is 14.7. The van der Waals surface area contributed by atoms with Crippen molar-refractivity contribution in [2.75, 3.05) is 13.7 Å². The molecule has 0 radical (unpaired) electrons. The van der Waals surface area contributed by atoms with Crippen LogP contribution in [0.1, 0.15) is 39.5 Å². The van der Waals surface area contributed by atoms with Crippen LogP contribution in [0.5, 0.6) is 0 Å². The minimum Gasteiger partial charge on any atom is -0.383 e. The van der Waals surface area contributed by atoms with Gasteiger partial charge >= 0.3 is 0 Å². The second kappa shape index (κ2) is 8.68. The van der Waals surface area contributed by atoms with Crippen LogP contribution in [-0.4, -0.2) is 31.7 Å². The highest BCUT2D eigenvalue weighted by molar-refractivity contribution is 5.81. The van der Waals surface area contributed by atoms with Crippen LogP contribution in [0.25, 0.3) is 0 Å². The summed E-state index contributed by atoms with van der Waals surface area (Å²) < 4.78 is 4.82. The molecule has 0 aliphatic carbocycles. The average Bonchev–Trinajstić information content (AvgIpc) is 2.18. The van der Waals surface area contributed by atoms with E-state index in [2.05, 4.69) is 12.2 Å². The third kappa shape index (κ3) is 7.33. The lowest BCUT2D eigenvalue weighted by molar-refractivity contribution is -0.124. The molecule has 2 unspecified atom stereocenters. The molecule has 0 aromatic rings. The maximum Gasteiger partial charge on any atom is 0.239 e. The van der Waals surface area contributed by atoms with Gasteiger partial charge in [-0.1, -0.05) is 26.2 Å². The van der Waals surface area contributed by atoms with Gasteiger partial charge in [0, 0.05) is 13.2 Å². The number of ether oxygens (including phenoxy) is 1. The molecule has 0 bridgehead atoms. The predicted molar refractivity (Wildman–Crippen MR) is 61.6 cm³/mol. The second-order valence-electron chi connectivity index (χ2n) is 3.97. The van der Waals surface area contributed by atoms with Gasteiger partial charge in [0.05, 0.1) is 6.61 Å². The first-order chi connectivity index (χ1) is 7.11. The van der Waals surface area contributed by atoms with Crippen molar-refractivity contribution in [3.05, 3.63) is 0 Å². The van der Waals surface area contributed by atoms with Gasteiger partial charge in [-0.3, -0.25) is 4.79 Å². The molecule has 3 N–H and O–H groups in total. The summed E-state index contributed by atoms with van der Waals surface area (Å²) in [4.78, 5) is 11.5. The molecule has 1 amide bonds. The van der Waals surface area contributed by atoms with E-state index in [1.54, 1.807) is 0 Å². The first-order valence-electron chi connectivity index (χ1n) is 5.66. The quantitative estimate of drug-likeness (QED) is 0.596. The molecule has 0 rings (SSSR count). The number of nitrogens with two attached hydrogens (primary N) is 1. The first kappa shape index (κ1) is 14.4. The number of hydrogen-bond donors (Lipinski definition) is 2. The summed E-state index contributed by atoms with van der Waals surface area (Å²) in [7, 11) is 1.54. The molecule has 0 heterocycles. The molecule has 4 nitrogen and oxygen atoms in total. The van der Waals surface area contributed by atoms with Crippen molar-refractivity contribution in [1.82, 2.24) is 5.32 Å². The molecule has 0 aliphatic heterocycles. The van der Waals surface area contributed by atoms with Crippen molar-refractivity contribution in [2.24, 2.45) is 5.73 Å². The molecule has 0 saturated heterocycles. The van der Waals surface area contributed by atoms with E-state index >= 15 is 0 Å². The Morgan fingerprint density at radius 3 is 2.67 bits per heavy atom. The Kier molecular flexibility index (Phi) is 8.33. The monoisotopic (exact) mass is 216 g/mol. The van der Waals surface area contributed by atoms with Gasteiger partial charge in [0.25, 0.3) is 0 Å². The van der Waals surface area contributed by atoms with Crippen LogP contribution in [-0.2, 0) is 9.53 Å². The highest BCUT2D eigenvalue weighted by Gasteiger charge is 2.14. The van der Waals surface area contributed by atoms with Crippen LogP contribution in [0.2, 0.25) is 0 Å². The minimum atomic E-state index is -0.552. The number of carbonyl (C=O) groups excluding carboxylic acids is 1. The van der Waals surface area contributed by atoms with E-state index in [9.17, 15) is 4.79 Å². The zero-order valence-electron chi connectivity index (χ0n) is 10.1. The Bertz CT molecular complexity index is 174. The molecule has 0 aromatic heterocycles. The van der Waals surface area contributed by atoms with Crippen molar-refractivity contribution < 1.29 is 9.53 Å². The summed E-state index contributed by atoms with van der Waals surface area (Å²) in [6, 6.07) is -0.351. The van der Waals surface area contributed by atoms with E-state index in [0.29, 0.717) is 0 Å². The van der Waals surface area contributed by atoms with Gasteiger partial charge in [0.15, 0.2) is 0 Å². The van der Waals surface area contributed by atoms with E-state index in [1.807, 2.05) is 6.92 Å². The zero-order valence-corrected chi connectivity index (χ0v) is 10.1. The maximum atomic E-state index is 11.5. The predicted octanol–water partition coefficient (Wildman–Crippen LogP) is 1.05. The largest absolute Gasteiger partial charge is 0.383 e. The van der Waals surface area contributed by atoms with E-state index in [0.717, 1.165) is 12.8 Å². The Morgan fingerprint density at radius 1 is 1.47 bits per heavy atom.